The largest absolute Gasteiger partial charge is 0.389 e. The number of nitrogens with two attached hydrogens (primary N) is 1. The van der Waals surface area contributed by atoms with E-state index in [1.54, 1.807) is 0 Å². The molecule has 3 N–H and O–H groups in total. The van der Waals surface area contributed by atoms with E-state index in [2.05, 4.69) is 0 Å². The van der Waals surface area contributed by atoms with Crippen molar-refractivity contribution in [3.63, 3.8) is 0 Å². The minimum Gasteiger partial charge on any atom is -0.389 e. The molecule has 1 aliphatic carbocycles. The summed E-state index contributed by atoms with van der Waals surface area (Å²) in [5, 5.41) is 9.42. The second-order valence-corrected chi connectivity index (χ2v) is 3.52. The molecule has 0 heterocycles. The van der Waals surface area contributed by atoms with Crippen molar-refractivity contribution in [2.45, 2.75) is 31.3 Å². The van der Waals surface area contributed by atoms with Gasteiger partial charge in [0.05, 0.1) is 5.60 Å². The number of alkyl halides is 2. The van der Waals surface area contributed by atoms with Gasteiger partial charge in [0.15, 0.2) is 0 Å². The number of hydrogen-bond donors (Lipinski definition) is 2. The number of rotatable bonds is 2. The van der Waals surface area contributed by atoms with Crippen LogP contribution in [0, 0.1) is 5.92 Å². The Bertz CT molecular complexity index is 151. The van der Waals surface area contributed by atoms with Gasteiger partial charge in [-0.1, -0.05) is 0 Å². The Kier molecular flexibility index (Phi) is 1.92. The first kappa shape index (κ1) is 8.87. The zero-order valence-electron chi connectivity index (χ0n) is 6.48. The summed E-state index contributed by atoms with van der Waals surface area (Å²) in [6.07, 6.45) is -0.450. The lowest BCUT2D eigenvalue weighted by Gasteiger charge is -2.43. The van der Waals surface area contributed by atoms with Crippen LogP contribution in [0.3, 0.4) is 0 Å². The van der Waals surface area contributed by atoms with Crippen molar-refractivity contribution in [2.24, 2.45) is 11.7 Å². The van der Waals surface area contributed by atoms with Gasteiger partial charge in [-0.25, -0.2) is 8.78 Å². The first-order valence-electron chi connectivity index (χ1n) is 3.68. The molecule has 0 aromatic carbocycles. The maximum atomic E-state index is 12.3. The lowest BCUT2D eigenvalue weighted by molar-refractivity contribution is -0.167. The van der Waals surface area contributed by atoms with Gasteiger partial charge in [0, 0.05) is 19.4 Å². The Hall–Kier alpha value is -0.220. The van der Waals surface area contributed by atoms with Crippen LogP contribution in [0.5, 0.6) is 0 Å². The molecule has 0 amide bonds. The summed E-state index contributed by atoms with van der Waals surface area (Å²) in [4.78, 5) is 0. The minimum atomic E-state index is -2.57. The van der Waals surface area contributed by atoms with Crippen molar-refractivity contribution in [3.05, 3.63) is 0 Å². The maximum absolute atomic E-state index is 12.3. The summed E-state index contributed by atoms with van der Waals surface area (Å²) in [6, 6.07) is 0. The third kappa shape index (κ3) is 1.68. The first-order valence-corrected chi connectivity index (χ1v) is 3.68. The van der Waals surface area contributed by atoms with Crippen molar-refractivity contribution in [3.8, 4) is 0 Å². The van der Waals surface area contributed by atoms with Crippen molar-refractivity contribution in [1.82, 2.24) is 0 Å². The first-order chi connectivity index (χ1) is 4.87. The van der Waals surface area contributed by atoms with Gasteiger partial charge in [-0.15, -0.1) is 0 Å². The van der Waals surface area contributed by atoms with E-state index < -0.39 is 11.5 Å². The Labute approximate surface area is 64.4 Å². The Morgan fingerprint density at radius 2 is 2.09 bits per heavy atom. The summed E-state index contributed by atoms with van der Waals surface area (Å²) in [5.41, 5.74) is 4.10. The quantitative estimate of drug-likeness (QED) is 0.634. The number of halogens is 2. The highest BCUT2D eigenvalue weighted by atomic mass is 19.3. The Morgan fingerprint density at radius 1 is 1.64 bits per heavy atom. The van der Waals surface area contributed by atoms with Crippen LogP contribution in [-0.4, -0.2) is 23.2 Å². The SMILES string of the molecule is CC(O)(CN)C1CC(F)(F)C1. The Balaban J connectivity index is 2.43. The predicted octanol–water partition coefficient (Wildman–Crippen LogP) is 0.741. The number of hydrogen-bond acceptors (Lipinski definition) is 2. The lowest BCUT2D eigenvalue weighted by atomic mass is 9.71. The van der Waals surface area contributed by atoms with Gasteiger partial charge in [0.2, 0.25) is 5.92 Å². The van der Waals surface area contributed by atoms with E-state index in [1.807, 2.05) is 0 Å². The maximum Gasteiger partial charge on any atom is 0.248 e. The van der Waals surface area contributed by atoms with Gasteiger partial charge < -0.3 is 10.8 Å². The topological polar surface area (TPSA) is 46.2 Å². The van der Waals surface area contributed by atoms with Crippen LogP contribution in [0.1, 0.15) is 19.8 Å². The summed E-state index contributed by atoms with van der Waals surface area (Å²) in [5.74, 6) is -2.90. The molecule has 0 aromatic heterocycles. The lowest BCUT2D eigenvalue weighted by Crippen LogP contribution is -2.52. The fraction of sp³-hybridized carbons (Fsp3) is 1.00. The van der Waals surface area contributed by atoms with Crippen LogP contribution >= 0.6 is 0 Å². The van der Waals surface area contributed by atoms with E-state index in [4.69, 9.17) is 5.73 Å². The molecule has 0 aliphatic heterocycles. The standard InChI is InChI=1S/C7H13F2NO/c1-6(11,4-10)5-2-7(8,9)3-5/h5,11H,2-4,10H2,1H3. The van der Waals surface area contributed by atoms with E-state index >= 15 is 0 Å². The average Bonchev–Trinajstić information content (AvgIpc) is 1.83. The van der Waals surface area contributed by atoms with Crippen LogP contribution in [-0.2, 0) is 0 Å². The molecular formula is C7H13F2NO. The molecule has 66 valence electrons. The van der Waals surface area contributed by atoms with Crippen LogP contribution in [0.4, 0.5) is 8.78 Å². The third-order valence-electron chi connectivity index (χ3n) is 2.38. The fourth-order valence-corrected chi connectivity index (χ4v) is 1.27. The van der Waals surface area contributed by atoms with Crippen LogP contribution < -0.4 is 5.73 Å². The molecule has 0 spiro atoms. The van der Waals surface area contributed by atoms with Crippen molar-refractivity contribution >= 4 is 0 Å². The molecule has 0 radical (unpaired) electrons. The highest BCUT2D eigenvalue weighted by molar-refractivity contribution is 4.96. The Morgan fingerprint density at radius 3 is 2.36 bits per heavy atom. The molecular weight excluding hydrogens is 152 g/mol. The van der Waals surface area contributed by atoms with Crippen molar-refractivity contribution < 1.29 is 13.9 Å². The summed E-state index contributed by atoms with van der Waals surface area (Å²) < 4.78 is 24.6. The minimum absolute atomic E-state index is 0.0494. The molecule has 1 unspecified atom stereocenters. The second-order valence-electron chi connectivity index (χ2n) is 3.52. The molecule has 0 saturated heterocycles. The average molecular weight is 165 g/mol. The van der Waals surface area contributed by atoms with Crippen molar-refractivity contribution in [2.75, 3.05) is 6.54 Å². The molecule has 11 heavy (non-hydrogen) atoms. The van der Waals surface area contributed by atoms with Gasteiger partial charge in [-0.3, -0.25) is 0 Å². The van der Waals surface area contributed by atoms with Crippen LogP contribution in [0.25, 0.3) is 0 Å². The zero-order valence-corrected chi connectivity index (χ0v) is 6.48. The molecule has 1 rings (SSSR count). The second kappa shape index (κ2) is 2.38. The van der Waals surface area contributed by atoms with Gasteiger partial charge in [0.1, 0.15) is 0 Å². The van der Waals surface area contributed by atoms with E-state index in [1.165, 1.54) is 6.92 Å². The molecule has 0 bridgehead atoms. The molecule has 1 atom stereocenters. The fourth-order valence-electron chi connectivity index (χ4n) is 1.27. The third-order valence-corrected chi connectivity index (χ3v) is 2.38. The van der Waals surface area contributed by atoms with Gasteiger partial charge in [-0.05, 0) is 12.8 Å². The summed E-state index contributed by atoms with van der Waals surface area (Å²) >= 11 is 0. The molecule has 0 aromatic rings. The predicted molar refractivity (Wildman–Crippen MR) is 37.3 cm³/mol. The van der Waals surface area contributed by atoms with E-state index in [0.717, 1.165) is 0 Å². The number of aliphatic hydroxyl groups is 1. The summed E-state index contributed by atoms with van der Waals surface area (Å²) in [7, 11) is 0. The smallest absolute Gasteiger partial charge is 0.248 e. The molecule has 1 fully saturated rings. The van der Waals surface area contributed by atoms with Crippen molar-refractivity contribution in [1.29, 1.82) is 0 Å². The highest BCUT2D eigenvalue weighted by Crippen LogP contribution is 2.47. The normalized spacial score (nSPS) is 29.2. The summed E-state index contributed by atoms with van der Waals surface area (Å²) in [6.45, 7) is 1.56. The van der Waals surface area contributed by atoms with E-state index in [-0.39, 0.29) is 25.3 Å². The molecule has 2 nitrogen and oxygen atoms in total. The van der Waals surface area contributed by atoms with E-state index in [0.29, 0.717) is 0 Å². The van der Waals surface area contributed by atoms with E-state index in [9.17, 15) is 13.9 Å². The molecule has 1 aliphatic rings. The zero-order chi connectivity index (χ0) is 8.70. The molecule has 4 heteroatoms. The molecule has 1 saturated carbocycles. The monoisotopic (exact) mass is 165 g/mol. The highest BCUT2D eigenvalue weighted by Gasteiger charge is 2.51. The van der Waals surface area contributed by atoms with Gasteiger partial charge >= 0.3 is 0 Å². The van der Waals surface area contributed by atoms with Crippen LogP contribution in [0.15, 0.2) is 0 Å². The van der Waals surface area contributed by atoms with Crippen LogP contribution in [0.2, 0.25) is 0 Å². The van der Waals surface area contributed by atoms with Gasteiger partial charge in [-0.2, -0.15) is 0 Å². The van der Waals surface area contributed by atoms with Gasteiger partial charge in [0.25, 0.3) is 0 Å².